The molecule has 0 radical (unpaired) electrons. The van der Waals surface area contributed by atoms with Crippen molar-refractivity contribution in [1.82, 2.24) is 0 Å². The molecular weight excluding hydrogens is 358 g/mol. The molecule has 0 amide bonds. The molecule has 7 heteroatoms. The molecule has 4 unspecified atom stereocenters. The first kappa shape index (κ1) is 19.1. The molecule has 2 N–H and O–H groups in total. The summed E-state index contributed by atoms with van der Waals surface area (Å²) >= 11 is 0. The molecule has 0 aromatic heterocycles. The molecular formula is C21H19N3O4. The number of carbonyl (C=O) groups is 1. The Morgan fingerprint density at radius 3 is 2.11 bits per heavy atom. The van der Waals surface area contributed by atoms with Crippen LogP contribution in [-0.2, 0) is 9.53 Å². The molecule has 0 fully saturated rings. The number of carbonyl (C=O) groups excluding carboxylic acids is 1. The van der Waals surface area contributed by atoms with Crippen molar-refractivity contribution in [3.05, 3.63) is 93.2 Å². The minimum atomic E-state index is -1.25. The fourth-order valence-corrected chi connectivity index (χ4v) is 3.96. The number of rotatable bonds is 4. The van der Waals surface area contributed by atoms with Crippen molar-refractivity contribution in [2.75, 3.05) is 7.11 Å². The molecule has 0 aliphatic heterocycles. The van der Waals surface area contributed by atoms with Crippen LogP contribution in [0.3, 0.4) is 0 Å². The van der Waals surface area contributed by atoms with Crippen LogP contribution < -0.4 is 5.73 Å². The molecule has 0 bridgehead atoms. The quantitative estimate of drug-likeness (QED) is 0.497. The number of hydrogen-bond donors (Lipinski definition) is 1. The lowest BCUT2D eigenvalue weighted by atomic mass is 9.65. The second kappa shape index (κ2) is 7.92. The van der Waals surface area contributed by atoms with E-state index in [0.717, 1.165) is 0 Å². The number of hydrogen-bond acceptors (Lipinski definition) is 6. The molecule has 142 valence electrons. The standard InChI is InChI=1S/C21H19N3O4/c1-28-21(25)18-17(14-10-6-3-7-11-14)20(24(26)27)16(15(12-22)19(18)23)13-8-4-2-5-9-13/h2-11,15-17,20H,23H2,1H3. The van der Waals surface area contributed by atoms with Gasteiger partial charge in [0.25, 0.3) is 0 Å². The highest BCUT2D eigenvalue weighted by Crippen LogP contribution is 2.48. The summed E-state index contributed by atoms with van der Waals surface area (Å²) in [6.45, 7) is 0. The maximum absolute atomic E-state index is 12.5. The zero-order valence-corrected chi connectivity index (χ0v) is 15.2. The summed E-state index contributed by atoms with van der Waals surface area (Å²) < 4.78 is 4.86. The Hall–Kier alpha value is -3.66. The number of nitrogens with zero attached hydrogens (tertiary/aromatic N) is 2. The topological polar surface area (TPSA) is 119 Å². The molecule has 1 aliphatic rings. The first-order valence-corrected chi connectivity index (χ1v) is 8.72. The van der Waals surface area contributed by atoms with E-state index in [0.29, 0.717) is 11.1 Å². The number of allylic oxidation sites excluding steroid dienone is 1. The Kier molecular flexibility index (Phi) is 5.41. The highest BCUT2D eigenvalue weighted by molar-refractivity contribution is 5.92. The van der Waals surface area contributed by atoms with Crippen LogP contribution in [0.15, 0.2) is 71.9 Å². The van der Waals surface area contributed by atoms with Gasteiger partial charge in [-0.1, -0.05) is 60.7 Å². The van der Waals surface area contributed by atoms with Crippen LogP contribution in [0.1, 0.15) is 23.0 Å². The molecule has 1 aliphatic carbocycles. The lowest BCUT2D eigenvalue weighted by Gasteiger charge is -2.37. The van der Waals surface area contributed by atoms with E-state index < -0.39 is 34.7 Å². The summed E-state index contributed by atoms with van der Waals surface area (Å²) in [5.74, 6) is -3.52. The van der Waals surface area contributed by atoms with E-state index in [2.05, 4.69) is 6.07 Å². The van der Waals surface area contributed by atoms with Gasteiger partial charge in [-0.15, -0.1) is 0 Å². The second-order valence-electron chi connectivity index (χ2n) is 6.57. The number of ether oxygens (including phenoxy) is 1. The van der Waals surface area contributed by atoms with Crippen molar-refractivity contribution >= 4 is 5.97 Å². The smallest absolute Gasteiger partial charge is 0.336 e. The van der Waals surface area contributed by atoms with Crippen molar-refractivity contribution in [2.24, 2.45) is 11.7 Å². The predicted molar refractivity (Wildman–Crippen MR) is 101 cm³/mol. The van der Waals surface area contributed by atoms with Gasteiger partial charge in [0.2, 0.25) is 6.04 Å². The largest absolute Gasteiger partial charge is 0.466 e. The molecule has 0 spiro atoms. The van der Waals surface area contributed by atoms with E-state index in [9.17, 15) is 20.2 Å². The van der Waals surface area contributed by atoms with Crippen molar-refractivity contribution < 1.29 is 14.5 Å². The van der Waals surface area contributed by atoms with Gasteiger partial charge >= 0.3 is 5.97 Å². The van der Waals surface area contributed by atoms with E-state index >= 15 is 0 Å². The first-order valence-electron chi connectivity index (χ1n) is 8.72. The molecule has 0 saturated heterocycles. The zero-order valence-electron chi connectivity index (χ0n) is 15.2. The van der Waals surface area contributed by atoms with Crippen molar-refractivity contribution in [3.63, 3.8) is 0 Å². The summed E-state index contributed by atoms with van der Waals surface area (Å²) in [6.07, 6.45) is 0. The maximum Gasteiger partial charge on any atom is 0.336 e. The van der Waals surface area contributed by atoms with Gasteiger partial charge in [0.05, 0.1) is 36.5 Å². The predicted octanol–water partition coefficient (Wildman–Crippen LogP) is 2.74. The van der Waals surface area contributed by atoms with Crippen LogP contribution >= 0.6 is 0 Å². The number of esters is 1. The van der Waals surface area contributed by atoms with Gasteiger partial charge < -0.3 is 10.5 Å². The van der Waals surface area contributed by atoms with Gasteiger partial charge in [0.1, 0.15) is 0 Å². The van der Waals surface area contributed by atoms with Crippen LogP contribution in [0.2, 0.25) is 0 Å². The van der Waals surface area contributed by atoms with Gasteiger partial charge in [-0.2, -0.15) is 5.26 Å². The Bertz CT molecular complexity index is 951. The Morgan fingerprint density at radius 2 is 1.64 bits per heavy atom. The number of benzene rings is 2. The molecule has 4 atom stereocenters. The monoisotopic (exact) mass is 377 g/mol. The first-order chi connectivity index (χ1) is 13.5. The highest BCUT2D eigenvalue weighted by atomic mass is 16.6. The van der Waals surface area contributed by atoms with E-state index in [1.807, 2.05) is 0 Å². The molecule has 0 heterocycles. The fourth-order valence-electron chi connectivity index (χ4n) is 3.96. The zero-order chi connectivity index (χ0) is 20.3. The third-order valence-corrected chi connectivity index (χ3v) is 5.16. The van der Waals surface area contributed by atoms with Crippen LogP contribution in [0.5, 0.6) is 0 Å². The molecule has 3 rings (SSSR count). The average molecular weight is 377 g/mol. The van der Waals surface area contributed by atoms with Gasteiger partial charge in [-0.25, -0.2) is 4.79 Å². The van der Waals surface area contributed by atoms with E-state index in [4.69, 9.17) is 10.5 Å². The van der Waals surface area contributed by atoms with Gasteiger partial charge in [-0.3, -0.25) is 10.1 Å². The Balaban J connectivity index is 2.32. The summed E-state index contributed by atoms with van der Waals surface area (Å²) in [7, 11) is 1.19. The summed E-state index contributed by atoms with van der Waals surface area (Å²) in [5.41, 5.74) is 7.47. The molecule has 2 aromatic rings. The second-order valence-corrected chi connectivity index (χ2v) is 6.57. The van der Waals surface area contributed by atoms with Crippen LogP contribution in [0.4, 0.5) is 0 Å². The number of nitriles is 1. The number of nitro groups is 1. The Morgan fingerprint density at radius 1 is 1.11 bits per heavy atom. The third kappa shape index (κ3) is 3.21. The fraction of sp³-hybridized carbons (Fsp3) is 0.238. The number of nitrogens with two attached hydrogens (primary N) is 1. The average Bonchev–Trinajstić information content (AvgIpc) is 2.73. The van der Waals surface area contributed by atoms with E-state index in [-0.39, 0.29) is 11.3 Å². The highest BCUT2D eigenvalue weighted by Gasteiger charge is 2.53. The summed E-state index contributed by atoms with van der Waals surface area (Å²) in [5, 5.41) is 22.0. The third-order valence-electron chi connectivity index (χ3n) is 5.16. The van der Waals surface area contributed by atoms with Crippen molar-refractivity contribution in [3.8, 4) is 6.07 Å². The van der Waals surface area contributed by atoms with Gasteiger partial charge in [0, 0.05) is 10.6 Å². The number of methoxy groups -OCH3 is 1. The van der Waals surface area contributed by atoms with Crippen LogP contribution in [0, 0.1) is 27.4 Å². The van der Waals surface area contributed by atoms with Crippen LogP contribution in [-0.4, -0.2) is 24.0 Å². The Labute approximate surface area is 162 Å². The summed E-state index contributed by atoms with van der Waals surface area (Å²) in [4.78, 5) is 24.3. The minimum absolute atomic E-state index is 0.0193. The van der Waals surface area contributed by atoms with Gasteiger partial charge in [-0.05, 0) is 11.1 Å². The lowest BCUT2D eigenvalue weighted by molar-refractivity contribution is -0.531. The van der Waals surface area contributed by atoms with Gasteiger partial charge in [0.15, 0.2) is 0 Å². The van der Waals surface area contributed by atoms with E-state index in [1.54, 1.807) is 60.7 Å². The van der Waals surface area contributed by atoms with E-state index in [1.165, 1.54) is 7.11 Å². The lowest BCUT2D eigenvalue weighted by Crippen LogP contribution is -2.46. The molecule has 7 nitrogen and oxygen atoms in total. The van der Waals surface area contributed by atoms with Crippen molar-refractivity contribution in [2.45, 2.75) is 17.9 Å². The molecule has 0 saturated carbocycles. The maximum atomic E-state index is 12.5. The normalized spacial score (nSPS) is 24.3. The van der Waals surface area contributed by atoms with Crippen molar-refractivity contribution in [1.29, 1.82) is 5.26 Å². The van der Waals surface area contributed by atoms with Crippen LogP contribution in [0.25, 0.3) is 0 Å². The molecule has 2 aromatic carbocycles. The minimum Gasteiger partial charge on any atom is -0.466 e. The SMILES string of the molecule is COC(=O)C1=C(N)C(C#N)C(c2ccccc2)C([N+](=O)[O-])C1c1ccccc1. The molecule has 28 heavy (non-hydrogen) atoms. The summed E-state index contributed by atoms with van der Waals surface area (Å²) in [6, 6.07) is 18.3.